The first-order valence-electron chi connectivity index (χ1n) is 4.38. The van der Waals surface area contributed by atoms with Gasteiger partial charge in [0.2, 0.25) is 0 Å². The van der Waals surface area contributed by atoms with E-state index in [0.29, 0.717) is 18.0 Å². The van der Waals surface area contributed by atoms with Crippen molar-refractivity contribution in [2.45, 2.75) is 6.42 Å². The Balaban J connectivity index is 2.72. The van der Waals surface area contributed by atoms with Gasteiger partial charge in [0.15, 0.2) is 0 Å². The average molecular weight is 214 g/mol. The minimum absolute atomic E-state index is 0.328. The van der Waals surface area contributed by atoms with Crippen LogP contribution in [0.4, 0.5) is 0 Å². The lowest BCUT2D eigenvalue weighted by molar-refractivity contribution is -0.387. The molecule has 0 amide bonds. The Kier molecular flexibility index (Phi) is 3.92. The second-order valence-corrected chi connectivity index (χ2v) is 3.58. The molecule has 0 bridgehead atoms. The van der Waals surface area contributed by atoms with Gasteiger partial charge in [-0.2, -0.15) is 0 Å². The van der Waals surface area contributed by atoms with E-state index in [9.17, 15) is 9.90 Å². The maximum absolute atomic E-state index is 10.6. The Bertz CT molecular complexity index is 328. The number of halogens is 1. The summed E-state index contributed by atoms with van der Waals surface area (Å²) in [4.78, 5) is 10.6. The van der Waals surface area contributed by atoms with Crippen LogP contribution in [-0.2, 0) is 11.2 Å². The summed E-state index contributed by atoms with van der Waals surface area (Å²) in [5, 5.41) is 11.3. The molecule has 1 rings (SSSR count). The fraction of sp³-hybridized carbons (Fsp3) is 0.300. The summed E-state index contributed by atoms with van der Waals surface area (Å²) in [6.45, 7) is 0.328. The van der Waals surface area contributed by atoms with Gasteiger partial charge in [0.1, 0.15) is 0 Å². The van der Waals surface area contributed by atoms with Gasteiger partial charge < -0.3 is 15.6 Å². The van der Waals surface area contributed by atoms with Gasteiger partial charge in [-0.05, 0) is 24.1 Å². The normalized spacial score (nSPS) is 12.4. The third-order valence-corrected chi connectivity index (χ3v) is 2.29. The molecule has 0 unspecified atom stereocenters. The Morgan fingerprint density at radius 3 is 2.79 bits per heavy atom. The quantitative estimate of drug-likeness (QED) is 0.732. The molecule has 0 saturated heterocycles. The number of carbonyl (C=O) groups is 1. The summed E-state index contributed by atoms with van der Waals surface area (Å²) >= 11 is 5.77. The summed E-state index contributed by atoms with van der Waals surface area (Å²) < 4.78 is 0. The summed E-state index contributed by atoms with van der Waals surface area (Å²) in [7, 11) is 0. The highest BCUT2D eigenvalue weighted by atomic mass is 35.5. The molecule has 1 aromatic carbocycles. The van der Waals surface area contributed by atoms with Crippen LogP contribution in [0.15, 0.2) is 24.3 Å². The molecule has 3 N–H and O–H groups in total. The Hall–Kier alpha value is -1.06. The van der Waals surface area contributed by atoms with Crippen LogP contribution in [0.25, 0.3) is 0 Å². The van der Waals surface area contributed by atoms with Gasteiger partial charge in [0.25, 0.3) is 0 Å². The van der Waals surface area contributed by atoms with Crippen LogP contribution in [0.3, 0.4) is 0 Å². The van der Waals surface area contributed by atoms with Crippen LogP contribution in [0, 0.1) is 5.92 Å². The molecule has 0 aliphatic rings. The van der Waals surface area contributed by atoms with Gasteiger partial charge in [0.05, 0.1) is 18.4 Å². The van der Waals surface area contributed by atoms with Crippen LogP contribution in [0.1, 0.15) is 5.56 Å². The van der Waals surface area contributed by atoms with Crippen molar-refractivity contribution in [2.75, 3.05) is 6.54 Å². The highest BCUT2D eigenvalue weighted by Gasteiger charge is 2.10. The SMILES string of the molecule is [NH3+]C[C@@H](Cc1cccc(Cl)c1)C(=O)[O-]. The highest BCUT2D eigenvalue weighted by Crippen LogP contribution is 2.13. The first kappa shape index (κ1) is 11.0. The first-order valence-corrected chi connectivity index (χ1v) is 4.76. The molecule has 0 aromatic heterocycles. The van der Waals surface area contributed by atoms with Gasteiger partial charge in [-0.15, -0.1) is 0 Å². The molecule has 0 heterocycles. The molecule has 0 aliphatic carbocycles. The smallest absolute Gasteiger partial charge is 0.0824 e. The largest absolute Gasteiger partial charge is 0.550 e. The monoisotopic (exact) mass is 213 g/mol. The lowest BCUT2D eigenvalue weighted by Gasteiger charge is -2.13. The van der Waals surface area contributed by atoms with Gasteiger partial charge in [0, 0.05) is 5.02 Å². The molecular formula is C10H12ClNO2. The fourth-order valence-corrected chi connectivity index (χ4v) is 1.46. The van der Waals surface area contributed by atoms with Crippen LogP contribution < -0.4 is 10.8 Å². The van der Waals surface area contributed by atoms with E-state index in [1.54, 1.807) is 18.2 Å². The third-order valence-electron chi connectivity index (χ3n) is 2.05. The number of quaternary nitrogens is 1. The second-order valence-electron chi connectivity index (χ2n) is 3.14. The number of carboxylic acids is 1. The Morgan fingerprint density at radius 2 is 2.29 bits per heavy atom. The maximum Gasteiger partial charge on any atom is 0.0824 e. The van der Waals surface area contributed by atoms with Crippen molar-refractivity contribution < 1.29 is 15.6 Å². The molecule has 0 saturated carbocycles. The molecule has 1 atom stereocenters. The molecule has 14 heavy (non-hydrogen) atoms. The van der Waals surface area contributed by atoms with Crippen LogP contribution >= 0.6 is 11.6 Å². The van der Waals surface area contributed by atoms with Crippen molar-refractivity contribution in [3.63, 3.8) is 0 Å². The number of hydrogen-bond donors (Lipinski definition) is 1. The molecular weight excluding hydrogens is 202 g/mol. The van der Waals surface area contributed by atoms with Gasteiger partial charge >= 0.3 is 0 Å². The van der Waals surface area contributed by atoms with E-state index in [2.05, 4.69) is 5.73 Å². The Labute approximate surface area is 87.5 Å². The topological polar surface area (TPSA) is 67.8 Å². The minimum atomic E-state index is -1.06. The summed E-state index contributed by atoms with van der Waals surface area (Å²) in [6, 6.07) is 7.15. The molecule has 0 spiro atoms. The average Bonchev–Trinajstić information content (AvgIpc) is 2.14. The molecule has 0 radical (unpaired) electrons. The second kappa shape index (κ2) is 4.98. The molecule has 0 fully saturated rings. The first-order chi connectivity index (χ1) is 6.63. The predicted molar refractivity (Wildman–Crippen MR) is 51.4 cm³/mol. The fourth-order valence-electron chi connectivity index (χ4n) is 1.25. The molecule has 0 aliphatic heterocycles. The van der Waals surface area contributed by atoms with Crippen LogP contribution in [0.2, 0.25) is 5.02 Å². The lowest BCUT2D eigenvalue weighted by Crippen LogP contribution is -2.57. The van der Waals surface area contributed by atoms with Gasteiger partial charge in [-0.1, -0.05) is 23.7 Å². The van der Waals surface area contributed by atoms with Crippen molar-refractivity contribution in [3.8, 4) is 0 Å². The number of hydrogen-bond acceptors (Lipinski definition) is 2. The standard InChI is InChI=1S/C10H12ClNO2/c11-9-3-1-2-7(5-9)4-8(6-12)10(13)14/h1-3,5,8H,4,6,12H2,(H,13,14)/t8-/m1/s1. The maximum atomic E-state index is 10.6. The minimum Gasteiger partial charge on any atom is -0.550 e. The van der Waals surface area contributed by atoms with E-state index in [4.69, 9.17) is 11.6 Å². The zero-order valence-corrected chi connectivity index (χ0v) is 8.46. The number of benzene rings is 1. The van der Waals surface area contributed by atoms with Crippen molar-refractivity contribution in [2.24, 2.45) is 5.92 Å². The third kappa shape index (κ3) is 3.01. The van der Waals surface area contributed by atoms with Crippen LogP contribution in [-0.4, -0.2) is 12.5 Å². The molecule has 3 nitrogen and oxygen atoms in total. The molecule has 1 aromatic rings. The van der Waals surface area contributed by atoms with E-state index >= 15 is 0 Å². The molecule has 76 valence electrons. The highest BCUT2D eigenvalue weighted by molar-refractivity contribution is 6.30. The van der Waals surface area contributed by atoms with E-state index in [1.807, 2.05) is 6.07 Å². The predicted octanol–water partition coefficient (Wildman–Crippen LogP) is -0.510. The van der Waals surface area contributed by atoms with E-state index in [-0.39, 0.29) is 0 Å². The van der Waals surface area contributed by atoms with Gasteiger partial charge in [-0.3, -0.25) is 0 Å². The number of rotatable bonds is 4. The van der Waals surface area contributed by atoms with E-state index in [0.717, 1.165) is 5.56 Å². The number of carboxylic acid groups (broad SMARTS) is 1. The van der Waals surface area contributed by atoms with E-state index < -0.39 is 11.9 Å². The number of aliphatic carboxylic acids is 1. The van der Waals surface area contributed by atoms with Gasteiger partial charge in [-0.25, -0.2) is 0 Å². The summed E-state index contributed by atoms with van der Waals surface area (Å²) in [5.74, 6) is -1.59. The van der Waals surface area contributed by atoms with Crippen molar-refractivity contribution in [1.82, 2.24) is 0 Å². The van der Waals surface area contributed by atoms with Crippen molar-refractivity contribution in [1.29, 1.82) is 0 Å². The zero-order chi connectivity index (χ0) is 10.6. The van der Waals surface area contributed by atoms with Crippen LogP contribution in [0.5, 0.6) is 0 Å². The summed E-state index contributed by atoms with van der Waals surface area (Å²) in [6.07, 6.45) is 0.423. The van der Waals surface area contributed by atoms with Crippen molar-refractivity contribution >= 4 is 17.6 Å². The van der Waals surface area contributed by atoms with E-state index in [1.165, 1.54) is 0 Å². The summed E-state index contributed by atoms with van der Waals surface area (Å²) in [5.41, 5.74) is 4.47. The zero-order valence-electron chi connectivity index (χ0n) is 7.70. The Morgan fingerprint density at radius 1 is 1.57 bits per heavy atom. The molecule has 4 heteroatoms. The van der Waals surface area contributed by atoms with Crippen molar-refractivity contribution in [3.05, 3.63) is 34.9 Å². The number of carbonyl (C=O) groups excluding carboxylic acids is 1. The lowest BCUT2D eigenvalue weighted by atomic mass is 10.00.